The molecule has 0 heterocycles. The highest BCUT2D eigenvalue weighted by Gasteiger charge is 2.18. The summed E-state index contributed by atoms with van der Waals surface area (Å²) in [5, 5.41) is 5.13. The van der Waals surface area contributed by atoms with Gasteiger partial charge in [0.2, 0.25) is 11.8 Å². The Morgan fingerprint density at radius 3 is 2.36 bits per heavy atom. The standard InChI is InChI=1S/C21H20F2N2O3/c1-14(26)25-18(20(27)24-2)13-16-9-7-15(8-10-16)11-12-17-5-3-4-6-19(17)28-21(22)23/h3-10,18,21H,13H2,1-2H3,(H,24,27)(H,25,26). The van der Waals surface area contributed by atoms with E-state index in [2.05, 4.69) is 27.2 Å². The minimum absolute atomic E-state index is 0.0188. The topological polar surface area (TPSA) is 67.4 Å². The van der Waals surface area contributed by atoms with Crippen molar-refractivity contribution in [3.63, 3.8) is 0 Å². The third kappa shape index (κ3) is 6.40. The molecule has 1 unspecified atom stereocenters. The number of alkyl halides is 2. The molecule has 0 aliphatic rings. The lowest BCUT2D eigenvalue weighted by molar-refractivity contribution is -0.127. The van der Waals surface area contributed by atoms with E-state index in [-0.39, 0.29) is 17.6 Å². The Labute approximate surface area is 162 Å². The Morgan fingerprint density at radius 1 is 1.07 bits per heavy atom. The van der Waals surface area contributed by atoms with E-state index in [1.807, 2.05) is 0 Å². The first-order chi connectivity index (χ1) is 13.4. The molecule has 2 rings (SSSR count). The van der Waals surface area contributed by atoms with E-state index in [1.54, 1.807) is 42.5 Å². The monoisotopic (exact) mass is 386 g/mol. The predicted octanol–water partition coefficient (Wildman–Crippen LogP) is 2.48. The lowest BCUT2D eigenvalue weighted by atomic mass is 10.0. The minimum Gasteiger partial charge on any atom is -0.434 e. The van der Waals surface area contributed by atoms with Crippen molar-refractivity contribution in [3.8, 4) is 17.6 Å². The number of benzene rings is 2. The van der Waals surface area contributed by atoms with Gasteiger partial charge in [0.15, 0.2) is 0 Å². The molecule has 0 aliphatic heterocycles. The summed E-state index contributed by atoms with van der Waals surface area (Å²) in [5.41, 5.74) is 1.87. The normalized spacial score (nSPS) is 11.2. The summed E-state index contributed by atoms with van der Waals surface area (Å²) in [7, 11) is 1.51. The van der Waals surface area contributed by atoms with Crippen LogP contribution in [0, 0.1) is 11.8 Å². The summed E-state index contributed by atoms with van der Waals surface area (Å²) >= 11 is 0. The Morgan fingerprint density at radius 2 is 1.75 bits per heavy atom. The molecule has 0 radical (unpaired) electrons. The van der Waals surface area contributed by atoms with Gasteiger partial charge >= 0.3 is 6.61 Å². The molecule has 2 aromatic rings. The molecule has 146 valence electrons. The van der Waals surface area contributed by atoms with Crippen LogP contribution >= 0.6 is 0 Å². The van der Waals surface area contributed by atoms with Crippen molar-refractivity contribution in [2.45, 2.75) is 26.0 Å². The highest BCUT2D eigenvalue weighted by atomic mass is 19.3. The molecule has 0 fully saturated rings. The molecule has 1 atom stereocenters. The fraction of sp³-hybridized carbons (Fsp3) is 0.238. The van der Waals surface area contributed by atoms with Crippen LogP contribution in [-0.4, -0.2) is 31.5 Å². The molecular formula is C21H20F2N2O3. The number of rotatable bonds is 6. The molecule has 0 saturated heterocycles. The summed E-state index contributed by atoms with van der Waals surface area (Å²) < 4.78 is 29.4. The molecule has 0 spiro atoms. The van der Waals surface area contributed by atoms with Crippen molar-refractivity contribution in [3.05, 3.63) is 65.2 Å². The molecule has 0 aliphatic carbocycles. The molecule has 7 heteroatoms. The van der Waals surface area contributed by atoms with Crippen molar-refractivity contribution >= 4 is 11.8 Å². The Bertz CT molecular complexity index is 887. The van der Waals surface area contributed by atoms with Crippen LogP contribution in [0.1, 0.15) is 23.6 Å². The summed E-state index contributed by atoms with van der Waals surface area (Å²) in [4.78, 5) is 23.1. The first-order valence-corrected chi connectivity index (χ1v) is 8.52. The molecule has 2 amide bonds. The van der Waals surface area contributed by atoms with Gasteiger partial charge < -0.3 is 15.4 Å². The van der Waals surface area contributed by atoms with Crippen LogP contribution < -0.4 is 15.4 Å². The van der Waals surface area contributed by atoms with Gasteiger partial charge in [-0.1, -0.05) is 36.1 Å². The fourth-order valence-electron chi connectivity index (χ4n) is 2.50. The summed E-state index contributed by atoms with van der Waals surface area (Å²) in [6.45, 7) is -1.57. The number of carbonyl (C=O) groups excluding carboxylic acids is 2. The first-order valence-electron chi connectivity index (χ1n) is 8.52. The number of ether oxygens (including phenoxy) is 1. The smallest absolute Gasteiger partial charge is 0.387 e. The second kappa shape index (κ2) is 10.1. The zero-order chi connectivity index (χ0) is 20.5. The second-order valence-electron chi connectivity index (χ2n) is 5.89. The Hall–Kier alpha value is -3.40. The summed E-state index contributed by atoms with van der Waals surface area (Å²) in [5.74, 6) is 5.16. The fourth-order valence-corrected chi connectivity index (χ4v) is 2.50. The lowest BCUT2D eigenvalue weighted by Gasteiger charge is -2.16. The van der Waals surface area contributed by atoms with Gasteiger partial charge in [-0.25, -0.2) is 0 Å². The third-order valence-corrected chi connectivity index (χ3v) is 3.78. The van der Waals surface area contributed by atoms with E-state index in [4.69, 9.17) is 0 Å². The number of carbonyl (C=O) groups is 2. The zero-order valence-electron chi connectivity index (χ0n) is 15.5. The van der Waals surface area contributed by atoms with Crippen molar-refractivity contribution < 1.29 is 23.1 Å². The van der Waals surface area contributed by atoms with Gasteiger partial charge in [-0.2, -0.15) is 8.78 Å². The average Bonchev–Trinajstić information content (AvgIpc) is 2.66. The molecule has 0 bridgehead atoms. The van der Waals surface area contributed by atoms with Crippen LogP contribution in [0.2, 0.25) is 0 Å². The van der Waals surface area contributed by atoms with Crippen molar-refractivity contribution in [2.24, 2.45) is 0 Å². The van der Waals surface area contributed by atoms with Gasteiger partial charge in [0, 0.05) is 26.0 Å². The van der Waals surface area contributed by atoms with E-state index >= 15 is 0 Å². The van der Waals surface area contributed by atoms with Gasteiger partial charge in [-0.15, -0.1) is 0 Å². The SMILES string of the molecule is CNC(=O)C(Cc1ccc(C#Cc2ccccc2OC(F)F)cc1)NC(C)=O. The van der Waals surface area contributed by atoms with Gasteiger partial charge in [0.1, 0.15) is 11.8 Å². The maximum atomic E-state index is 12.4. The molecule has 2 aromatic carbocycles. The van der Waals surface area contributed by atoms with Crippen molar-refractivity contribution in [1.29, 1.82) is 0 Å². The van der Waals surface area contributed by atoms with Crippen LogP contribution in [-0.2, 0) is 16.0 Å². The van der Waals surface area contributed by atoms with E-state index in [9.17, 15) is 18.4 Å². The first kappa shape index (κ1) is 20.9. The lowest BCUT2D eigenvalue weighted by Crippen LogP contribution is -2.46. The number of amides is 2. The Kier molecular flexibility index (Phi) is 7.52. The summed E-state index contributed by atoms with van der Waals surface area (Å²) in [6.07, 6.45) is 0.331. The van der Waals surface area contributed by atoms with Crippen LogP contribution in [0.3, 0.4) is 0 Å². The van der Waals surface area contributed by atoms with Gasteiger partial charge in [0.05, 0.1) is 5.56 Å². The van der Waals surface area contributed by atoms with E-state index in [1.165, 1.54) is 20.0 Å². The zero-order valence-corrected chi connectivity index (χ0v) is 15.5. The van der Waals surface area contributed by atoms with E-state index < -0.39 is 12.7 Å². The van der Waals surface area contributed by atoms with Crippen LogP contribution in [0.4, 0.5) is 8.78 Å². The van der Waals surface area contributed by atoms with E-state index in [0.29, 0.717) is 17.5 Å². The highest BCUT2D eigenvalue weighted by molar-refractivity contribution is 5.86. The maximum absolute atomic E-state index is 12.4. The van der Waals surface area contributed by atoms with Gasteiger partial charge in [-0.05, 0) is 29.8 Å². The number of nitrogens with one attached hydrogen (secondary N) is 2. The van der Waals surface area contributed by atoms with Gasteiger partial charge in [0.25, 0.3) is 0 Å². The number of hydrogen-bond acceptors (Lipinski definition) is 3. The molecular weight excluding hydrogens is 366 g/mol. The maximum Gasteiger partial charge on any atom is 0.387 e. The van der Waals surface area contributed by atoms with E-state index in [0.717, 1.165) is 5.56 Å². The van der Waals surface area contributed by atoms with Crippen molar-refractivity contribution in [1.82, 2.24) is 10.6 Å². The van der Waals surface area contributed by atoms with Gasteiger partial charge in [-0.3, -0.25) is 9.59 Å². The number of halogens is 2. The largest absolute Gasteiger partial charge is 0.434 e. The van der Waals surface area contributed by atoms with Crippen LogP contribution in [0.15, 0.2) is 48.5 Å². The molecule has 2 N–H and O–H groups in total. The van der Waals surface area contributed by atoms with Crippen LogP contribution in [0.25, 0.3) is 0 Å². The second-order valence-corrected chi connectivity index (χ2v) is 5.89. The number of para-hydroxylation sites is 1. The predicted molar refractivity (Wildman–Crippen MR) is 101 cm³/mol. The summed E-state index contributed by atoms with van der Waals surface area (Å²) in [6, 6.07) is 12.7. The quantitative estimate of drug-likeness (QED) is 0.750. The highest BCUT2D eigenvalue weighted by Crippen LogP contribution is 2.19. The molecule has 5 nitrogen and oxygen atoms in total. The Balaban J connectivity index is 2.13. The third-order valence-electron chi connectivity index (χ3n) is 3.78. The number of hydrogen-bond donors (Lipinski definition) is 2. The number of likely N-dealkylation sites (N-methyl/N-ethyl adjacent to an activating group) is 1. The molecule has 0 aromatic heterocycles. The average molecular weight is 386 g/mol. The molecule has 28 heavy (non-hydrogen) atoms. The van der Waals surface area contributed by atoms with Crippen molar-refractivity contribution in [2.75, 3.05) is 7.05 Å². The van der Waals surface area contributed by atoms with Crippen LogP contribution in [0.5, 0.6) is 5.75 Å². The molecule has 0 saturated carbocycles. The minimum atomic E-state index is -2.92.